The summed E-state index contributed by atoms with van der Waals surface area (Å²) in [6.07, 6.45) is 3.06. The van der Waals surface area contributed by atoms with Crippen molar-refractivity contribution >= 4 is 18.3 Å². The molecule has 5 nitrogen and oxygen atoms in total. The monoisotopic (exact) mass is 431 g/mol. The lowest BCUT2D eigenvalue weighted by Crippen LogP contribution is -2.52. The van der Waals surface area contributed by atoms with E-state index >= 15 is 0 Å². The zero-order valence-corrected chi connectivity index (χ0v) is 19.3. The van der Waals surface area contributed by atoms with E-state index in [0.717, 1.165) is 62.4 Å². The summed E-state index contributed by atoms with van der Waals surface area (Å²) in [6.45, 7) is 9.70. The van der Waals surface area contributed by atoms with E-state index in [1.807, 2.05) is 24.8 Å². The topological polar surface area (TPSA) is 57.4 Å². The highest BCUT2D eigenvalue weighted by molar-refractivity contribution is 5.94. The van der Waals surface area contributed by atoms with E-state index in [1.54, 1.807) is 7.11 Å². The van der Waals surface area contributed by atoms with Gasteiger partial charge in [-0.3, -0.25) is 4.79 Å². The van der Waals surface area contributed by atoms with Crippen molar-refractivity contribution in [2.75, 3.05) is 33.3 Å². The second kappa shape index (κ2) is 9.03. The second-order valence-corrected chi connectivity index (χ2v) is 8.48. The Hall–Kier alpha value is -1.98. The molecule has 1 saturated heterocycles. The van der Waals surface area contributed by atoms with Crippen LogP contribution in [0.5, 0.6) is 5.75 Å². The SMILES string of the molecule is CCN(CC)C(=O)c1[nH]c2c(c1C)C[C@@H]1CNCC[C@@]1(c1cccc(OC)c1)C2.Cl. The fraction of sp³-hybridized carbons (Fsp3) is 0.542. The zero-order valence-electron chi connectivity index (χ0n) is 18.5. The first-order valence-corrected chi connectivity index (χ1v) is 10.9. The van der Waals surface area contributed by atoms with E-state index in [0.29, 0.717) is 5.92 Å². The number of ether oxygens (including phenoxy) is 1. The van der Waals surface area contributed by atoms with Gasteiger partial charge in [-0.25, -0.2) is 0 Å². The summed E-state index contributed by atoms with van der Waals surface area (Å²) in [5.74, 6) is 1.56. The molecule has 0 unspecified atom stereocenters. The number of nitrogens with zero attached hydrogens (tertiary/aromatic N) is 1. The Bertz CT molecular complexity index is 906. The minimum atomic E-state index is 0. The predicted molar refractivity (Wildman–Crippen MR) is 123 cm³/mol. The Morgan fingerprint density at radius 2 is 2.07 bits per heavy atom. The van der Waals surface area contributed by atoms with Crippen LogP contribution in [0.3, 0.4) is 0 Å². The number of carbonyl (C=O) groups excluding carboxylic acids is 1. The molecule has 1 aliphatic heterocycles. The number of nitrogens with one attached hydrogen (secondary N) is 2. The van der Waals surface area contributed by atoms with Gasteiger partial charge in [0.2, 0.25) is 0 Å². The molecular weight excluding hydrogens is 398 g/mol. The Balaban J connectivity index is 0.00000256. The van der Waals surface area contributed by atoms with Crippen LogP contribution in [-0.4, -0.2) is 49.1 Å². The Kier molecular flexibility index (Phi) is 6.83. The lowest BCUT2D eigenvalue weighted by atomic mass is 9.59. The van der Waals surface area contributed by atoms with Gasteiger partial charge in [-0.2, -0.15) is 0 Å². The summed E-state index contributed by atoms with van der Waals surface area (Å²) < 4.78 is 5.52. The molecule has 0 saturated carbocycles. The molecule has 0 bridgehead atoms. The predicted octanol–water partition coefficient (Wildman–Crippen LogP) is 3.88. The van der Waals surface area contributed by atoms with Crippen molar-refractivity contribution < 1.29 is 9.53 Å². The van der Waals surface area contributed by atoms with Gasteiger partial charge in [0.15, 0.2) is 0 Å². The number of piperidine rings is 1. The van der Waals surface area contributed by atoms with Crippen LogP contribution in [0.1, 0.15) is 53.1 Å². The maximum Gasteiger partial charge on any atom is 0.270 e. The number of hydrogen-bond donors (Lipinski definition) is 2. The standard InChI is InChI=1S/C24H33N3O2.ClH/c1-5-27(6-2)23(28)22-16(3)20-13-18-15-25-11-10-24(18,14-21(20)26-22)17-8-7-9-19(12-17)29-4;/h7-9,12,18,25-26H,5-6,10-11,13-15H2,1-4H3;1H/t18-,24+;/m1./s1. The van der Waals surface area contributed by atoms with E-state index in [9.17, 15) is 4.79 Å². The molecule has 2 atom stereocenters. The van der Waals surface area contributed by atoms with Gasteiger partial charge in [-0.1, -0.05) is 12.1 Å². The van der Waals surface area contributed by atoms with Crippen molar-refractivity contribution in [3.63, 3.8) is 0 Å². The Morgan fingerprint density at radius 1 is 1.30 bits per heavy atom. The van der Waals surface area contributed by atoms with Crippen LogP contribution < -0.4 is 10.1 Å². The van der Waals surface area contributed by atoms with Crippen molar-refractivity contribution in [1.82, 2.24) is 15.2 Å². The first kappa shape index (κ1) is 22.7. The molecule has 2 aliphatic rings. The minimum Gasteiger partial charge on any atom is -0.497 e. The number of hydrogen-bond acceptors (Lipinski definition) is 3. The highest BCUT2D eigenvalue weighted by atomic mass is 35.5. The molecule has 0 spiro atoms. The average Bonchev–Trinajstić information content (AvgIpc) is 3.08. The molecule has 1 aromatic heterocycles. The van der Waals surface area contributed by atoms with Crippen LogP contribution in [-0.2, 0) is 18.3 Å². The van der Waals surface area contributed by atoms with Gasteiger partial charge in [0.1, 0.15) is 11.4 Å². The van der Waals surface area contributed by atoms with E-state index < -0.39 is 0 Å². The van der Waals surface area contributed by atoms with Crippen molar-refractivity contribution in [1.29, 1.82) is 0 Å². The largest absolute Gasteiger partial charge is 0.497 e. The van der Waals surface area contributed by atoms with Crippen molar-refractivity contribution in [3.05, 3.63) is 52.3 Å². The number of aromatic amines is 1. The molecule has 0 radical (unpaired) electrons. The molecule has 30 heavy (non-hydrogen) atoms. The van der Waals surface area contributed by atoms with Gasteiger partial charge < -0.3 is 19.9 Å². The lowest BCUT2D eigenvalue weighted by Gasteiger charge is -2.48. The smallest absolute Gasteiger partial charge is 0.270 e. The van der Waals surface area contributed by atoms with Crippen LogP contribution in [0, 0.1) is 12.8 Å². The third-order valence-corrected chi connectivity index (χ3v) is 7.24. The van der Waals surface area contributed by atoms with E-state index in [-0.39, 0.29) is 23.7 Å². The first-order valence-electron chi connectivity index (χ1n) is 10.9. The van der Waals surface area contributed by atoms with Crippen LogP contribution in [0.15, 0.2) is 24.3 Å². The maximum atomic E-state index is 13.1. The molecule has 2 heterocycles. The van der Waals surface area contributed by atoms with Gasteiger partial charge >= 0.3 is 0 Å². The number of fused-ring (bicyclic) bond motifs is 2. The van der Waals surface area contributed by atoms with Crippen LogP contribution in [0.4, 0.5) is 0 Å². The summed E-state index contributed by atoms with van der Waals surface area (Å²) in [6, 6.07) is 8.58. The number of aromatic nitrogens is 1. The average molecular weight is 432 g/mol. The number of rotatable bonds is 5. The van der Waals surface area contributed by atoms with Crippen LogP contribution >= 0.6 is 12.4 Å². The fourth-order valence-corrected chi connectivity index (χ4v) is 5.47. The van der Waals surface area contributed by atoms with E-state index in [4.69, 9.17) is 4.74 Å². The number of amides is 1. The Morgan fingerprint density at radius 3 is 2.77 bits per heavy atom. The molecule has 6 heteroatoms. The number of halogens is 1. The molecule has 4 rings (SSSR count). The number of carbonyl (C=O) groups is 1. The molecule has 1 aliphatic carbocycles. The van der Waals surface area contributed by atoms with Gasteiger partial charge in [-0.05, 0) is 87.9 Å². The van der Waals surface area contributed by atoms with E-state index in [1.165, 1.54) is 16.8 Å². The molecular formula is C24H34ClN3O2. The highest BCUT2D eigenvalue weighted by Crippen LogP contribution is 2.47. The normalized spacial score (nSPS) is 22.5. The highest BCUT2D eigenvalue weighted by Gasteiger charge is 2.47. The van der Waals surface area contributed by atoms with E-state index in [2.05, 4.69) is 35.4 Å². The van der Waals surface area contributed by atoms with Crippen molar-refractivity contribution in [3.8, 4) is 5.75 Å². The minimum absolute atomic E-state index is 0. The number of benzene rings is 1. The number of H-pyrrole nitrogens is 1. The van der Waals surface area contributed by atoms with Crippen molar-refractivity contribution in [2.24, 2.45) is 5.92 Å². The van der Waals surface area contributed by atoms with Gasteiger partial charge in [0.05, 0.1) is 7.11 Å². The molecule has 2 N–H and O–H groups in total. The van der Waals surface area contributed by atoms with Crippen molar-refractivity contribution in [2.45, 2.75) is 45.4 Å². The summed E-state index contributed by atoms with van der Waals surface area (Å²) in [5.41, 5.74) is 5.97. The Labute approximate surface area is 186 Å². The van der Waals surface area contributed by atoms with Crippen LogP contribution in [0.2, 0.25) is 0 Å². The number of methoxy groups -OCH3 is 1. The molecule has 1 amide bonds. The van der Waals surface area contributed by atoms with Gasteiger partial charge in [0.25, 0.3) is 5.91 Å². The molecule has 164 valence electrons. The van der Waals surface area contributed by atoms with Gasteiger partial charge in [-0.15, -0.1) is 12.4 Å². The maximum absolute atomic E-state index is 13.1. The molecule has 1 aromatic carbocycles. The molecule has 1 fully saturated rings. The second-order valence-electron chi connectivity index (χ2n) is 8.48. The summed E-state index contributed by atoms with van der Waals surface area (Å²) in [4.78, 5) is 18.5. The third kappa shape index (κ3) is 3.63. The third-order valence-electron chi connectivity index (χ3n) is 7.24. The summed E-state index contributed by atoms with van der Waals surface area (Å²) in [5, 5.41) is 3.61. The summed E-state index contributed by atoms with van der Waals surface area (Å²) >= 11 is 0. The van der Waals surface area contributed by atoms with Crippen LogP contribution in [0.25, 0.3) is 0 Å². The van der Waals surface area contributed by atoms with Gasteiger partial charge in [0, 0.05) is 24.2 Å². The lowest BCUT2D eigenvalue weighted by molar-refractivity contribution is 0.0767. The fourth-order valence-electron chi connectivity index (χ4n) is 5.47. The summed E-state index contributed by atoms with van der Waals surface area (Å²) in [7, 11) is 1.73. The first-order chi connectivity index (χ1) is 14.0. The quantitative estimate of drug-likeness (QED) is 0.755. The zero-order chi connectivity index (χ0) is 20.6. The molecule has 2 aromatic rings.